The Morgan fingerprint density at radius 3 is 2.23 bits per heavy atom. The van der Waals surface area contributed by atoms with Crippen molar-refractivity contribution in [3.8, 4) is 0 Å². The van der Waals surface area contributed by atoms with Gasteiger partial charge in [-0.2, -0.15) is 0 Å². The second kappa shape index (κ2) is 4.45. The van der Waals surface area contributed by atoms with Crippen LogP contribution in [-0.4, -0.2) is 24.5 Å². The van der Waals surface area contributed by atoms with E-state index < -0.39 is 0 Å². The van der Waals surface area contributed by atoms with Crippen LogP contribution >= 0.6 is 0 Å². The molecule has 0 bridgehead atoms. The zero-order chi connectivity index (χ0) is 10.0. The van der Waals surface area contributed by atoms with Gasteiger partial charge in [-0.25, -0.2) is 0 Å². The van der Waals surface area contributed by atoms with Crippen LogP contribution in [0.1, 0.15) is 40.5 Å². The molecule has 1 rings (SSSR count). The van der Waals surface area contributed by atoms with Crippen molar-refractivity contribution < 1.29 is 0 Å². The van der Waals surface area contributed by atoms with Crippen LogP contribution in [0, 0.1) is 17.8 Å². The van der Waals surface area contributed by atoms with E-state index in [1.807, 2.05) is 0 Å². The smallest absolute Gasteiger partial charge is 0.0158 e. The number of nitrogens with zero attached hydrogens (tertiary/aromatic N) is 1. The molecule has 0 aromatic carbocycles. The van der Waals surface area contributed by atoms with Crippen molar-refractivity contribution >= 4 is 0 Å². The van der Waals surface area contributed by atoms with E-state index in [1.165, 1.54) is 19.4 Å². The molecule has 4 unspecified atom stereocenters. The fourth-order valence-electron chi connectivity index (χ4n) is 2.76. The van der Waals surface area contributed by atoms with Gasteiger partial charge in [-0.15, -0.1) is 0 Å². The predicted octanol–water partition coefficient (Wildman–Crippen LogP) is 3.01. The monoisotopic (exact) mass is 183 g/mol. The summed E-state index contributed by atoms with van der Waals surface area (Å²) < 4.78 is 0. The van der Waals surface area contributed by atoms with E-state index in [1.54, 1.807) is 0 Å². The molecule has 1 aliphatic carbocycles. The van der Waals surface area contributed by atoms with Gasteiger partial charge in [0.1, 0.15) is 0 Å². The van der Waals surface area contributed by atoms with Gasteiger partial charge in [-0.05, 0) is 31.3 Å². The average Bonchev–Trinajstić information content (AvgIpc) is 2.89. The molecule has 0 amide bonds. The maximum atomic E-state index is 2.53. The van der Waals surface area contributed by atoms with Crippen molar-refractivity contribution in [2.75, 3.05) is 13.6 Å². The maximum Gasteiger partial charge on any atom is 0.0158 e. The van der Waals surface area contributed by atoms with Gasteiger partial charge in [-0.3, -0.25) is 0 Å². The van der Waals surface area contributed by atoms with Gasteiger partial charge < -0.3 is 4.90 Å². The van der Waals surface area contributed by atoms with Gasteiger partial charge in [0.2, 0.25) is 0 Å². The molecule has 0 aromatic rings. The van der Waals surface area contributed by atoms with E-state index in [0.717, 1.165) is 23.8 Å². The molecule has 4 atom stereocenters. The first kappa shape index (κ1) is 11.0. The Morgan fingerprint density at radius 1 is 1.23 bits per heavy atom. The van der Waals surface area contributed by atoms with Crippen LogP contribution in [0.4, 0.5) is 0 Å². The summed E-state index contributed by atoms with van der Waals surface area (Å²) in [5.41, 5.74) is 0. The van der Waals surface area contributed by atoms with Crippen LogP contribution in [0.25, 0.3) is 0 Å². The van der Waals surface area contributed by atoms with Crippen LogP contribution < -0.4 is 0 Å². The van der Waals surface area contributed by atoms with Crippen molar-refractivity contribution in [1.29, 1.82) is 0 Å². The highest BCUT2D eigenvalue weighted by atomic mass is 15.2. The minimum absolute atomic E-state index is 0.893. The fourth-order valence-corrected chi connectivity index (χ4v) is 2.76. The SMILES string of the molecule is CCC(C)C1C(CC)C1N(C)CC. The molecule has 1 saturated carbocycles. The predicted molar refractivity (Wildman–Crippen MR) is 58.8 cm³/mol. The highest BCUT2D eigenvalue weighted by Gasteiger charge is 2.52. The van der Waals surface area contributed by atoms with Crippen LogP contribution in [0.15, 0.2) is 0 Å². The summed E-state index contributed by atoms with van der Waals surface area (Å²) in [5, 5.41) is 0. The van der Waals surface area contributed by atoms with Crippen LogP contribution in [0.2, 0.25) is 0 Å². The third-order valence-corrected chi connectivity index (χ3v) is 3.97. The summed E-state index contributed by atoms with van der Waals surface area (Å²) in [6, 6.07) is 0.893. The standard InChI is InChI=1S/C12H25N/c1-6-9(4)11-10(7-2)12(11)13(5)8-3/h9-12H,6-8H2,1-5H3. The minimum Gasteiger partial charge on any atom is -0.303 e. The molecule has 0 aliphatic heterocycles. The zero-order valence-electron chi connectivity index (χ0n) is 9.88. The van der Waals surface area contributed by atoms with Crippen molar-refractivity contribution in [1.82, 2.24) is 4.90 Å². The third kappa shape index (κ3) is 2.07. The summed E-state index contributed by atoms with van der Waals surface area (Å²) in [6.07, 6.45) is 2.71. The fraction of sp³-hybridized carbons (Fsp3) is 1.00. The Morgan fingerprint density at radius 2 is 1.85 bits per heavy atom. The summed E-state index contributed by atoms with van der Waals surface area (Å²) in [6.45, 7) is 10.5. The molecule has 1 aliphatic rings. The van der Waals surface area contributed by atoms with E-state index >= 15 is 0 Å². The van der Waals surface area contributed by atoms with Crippen LogP contribution in [0.3, 0.4) is 0 Å². The highest BCUT2D eigenvalue weighted by Crippen LogP contribution is 2.50. The minimum atomic E-state index is 0.893. The molecule has 1 nitrogen and oxygen atoms in total. The lowest BCUT2D eigenvalue weighted by atomic mass is 10.0. The van der Waals surface area contributed by atoms with Crippen molar-refractivity contribution in [3.05, 3.63) is 0 Å². The quantitative estimate of drug-likeness (QED) is 0.633. The van der Waals surface area contributed by atoms with E-state index in [4.69, 9.17) is 0 Å². The molecule has 1 fully saturated rings. The Labute approximate surface area is 83.5 Å². The second-order valence-corrected chi connectivity index (χ2v) is 4.60. The summed E-state index contributed by atoms with van der Waals surface area (Å²) in [5.74, 6) is 2.89. The normalized spacial score (nSPS) is 35.1. The first-order valence-electron chi connectivity index (χ1n) is 5.87. The summed E-state index contributed by atoms with van der Waals surface area (Å²) in [4.78, 5) is 2.53. The first-order chi connectivity index (χ1) is 6.17. The van der Waals surface area contributed by atoms with Gasteiger partial charge in [0.15, 0.2) is 0 Å². The van der Waals surface area contributed by atoms with Crippen molar-refractivity contribution in [2.24, 2.45) is 17.8 Å². The lowest BCUT2D eigenvalue weighted by molar-refractivity contribution is 0.299. The van der Waals surface area contributed by atoms with Crippen LogP contribution in [0.5, 0.6) is 0 Å². The molecule has 13 heavy (non-hydrogen) atoms. The molecule has 0 heterocycles. The molecule has 1 heteroatoms. The number of hydrogen-bond donors (Lipinski definition) is 0. The molecular weight excluding hydrogens is 158 g/mol. The average molecular weight is 183 g/mol. The maximum absolute atomic E-state index is 2.53. The first-order valence-corrected chi connectivity index (χ1v) is 5.87. The molecule has 0 saturated heterocycles. The van der Waals surface area contributed by atoms with Crippen molar-refractivity contribution in [3.63, 3.8) is 0 Å². The molecule has 0 N–H and O–H groups in total. The molecule has 0 aromatic heterocycles. The van der Waals surface area contributed by atoms with Gasteiger partial charge in [-0.1, -0.05) is 40.5 Å². The Kier molecular flexibility index (Phi) is 3.78. The van der Waals surface area contributed by atoms with Gasteiger partial charge in [0, 0.05) is 6.04 Å². The highest BCUT2D eigenvalue weighted by molar-refractivity contribution is 5.04. The molecular formula is C12H25N. The number of rotatable bonds is 5. The van der Waals surface area contributed by atoms with E-state index in [9.17, 15) is 0 Å². The van der Waals surface area contributed by atoms with E-state index in [-0.39, 0.29) is 0 Å². The molecule has 78 valence electrons. The Hall–Kier alpha value is -0.0400. The Bertz CT molecular complexity index is 139. The summed E-state index contributed by atoms with van der Waals surface area (Å²) in [7, 11) is 2.27. The van der Waals surface area contributed by atoms with E-state index in [2.05, 4.69) is 39.6 Å². The van der Waals surface area contributed by atoms with E-state index in [0.29, 0.717) is 0 Å². The number of hydrogen-bond acceptors (Lipinski definition) is 1. The second-order valence-electron chi connectivity index (χ2n) is 4.60. The molecule has 0 radical (unpaired) electrons. The van der Waals surface area contributed by atoms with Crippen molar-refractivity contribution in [2.45, 2.75) is 46.6 Å². The Balaban J connectivity index is 2.48. The molecule has 0 spiro atoms. The largest absolute Gasteiger partial charge is 0.303 e. The van der Waals surface area contributed by atoms with Gasteiger partial charge in [0.05, 0.1) is 0 Å². The van der Waals surface area contributed by atoms with Gasteiger partial charge >= 0.3 is 0 Å². The zero-order valence-corrected chi connectivity index (χ0v) is 9.88. The lowest BCUT2D eigenvalue weighted by Gasteiger charge is -2.15. The third-order valence-electron chi connectivity index (χ3n) is 3.97. The topological polar surface area (TPSA) is 3.24 Å². The summed E-state index contributed by atoms with van der Waals surface area (Å²) >= 11 is 0. The lowest BCUT2D eigenvalue weighted by Crippen LogP contribution is -2.23. The van der Waals surface area contributed by atoms with Gasteiger partial charge in [0.25, 0.3) is 0 Å². The van der Waals surface area contributed by atoms with Crippen LogP contribution in [-0.2, 0) is 0 Å².